The van der Waals surface area contributed by atoms with Gasteiger partial charge >= 0.3 is 8.80 Å². The molecule has 1 aromatic rings. The van der Waals surface area contributed by atoms with Crippen LogP contribution in [0.2, 0.25) is 6.04 Å². The van der Waals surface area contributed by atoms with Crippen molar-refractivity contribution in [1.82, 2.24) is 0 Å². The zero-order chi connectivity index (χ0) is 19.1. The average Bonchev–Trinajstić information content (AvgIpc) is 2.67. The molecule has 3 nitrogen and oxygen atoms in total. The second-order valence-corrected chi connectivity index (χ2v) is 9.74. The number of unbranched alkanes of at least 4 members (excludes halogenated alkanes) is 3. The van der Waals surface area contributed by atoms with Gasteiger partial charge in [-0.2, -0.15) is 0 Å². The van der Waals surface area contributed by atoms with Crippen molar-refractivity contribution in [3.05, 3.63) is 35.4 Å². The molecule has 0 aliphatic rings. The molecule has 150 valence electrons. The summed E-state index contributed by atoms with van der Waals surface area (Å²) in [7, 11) is -2.65. The lowest BCUT2D eigenvalue weighted by Crippen LogP contribution is -2.47. The van der Waals surface area contributed by atoms with Crippen molar-refractivity contribution in [3.63, 3.8) is 0 Å². The molecule has 0 fully saturated rings. The molecule has 1 rings (SSSR count). The second kappa shape index (κ2) is 14.6. The first-order valence-electron chi connectivity index (χ1n) is 10.2. The molecule has 0 aromatic heterocycles. The van der Waals surface area contributed by atoms with E-state index in [1.54, 1.807) is 0 Å². The summed E-state index contributed by atoms with van der Waals surface area (Å²) in [5.74, 6) is 0.545. The van der Waals surface area contributed by atoms with E-state index in [4.69, 9.17) is 24.9 Å². The summed E-state index contributed by atoms with van der Waals surface area (Å²) in [5.41, 5.74) is 2.43. The van der Waals surface area contributed by atoms with Crippen LogP contribution in [-0.2, 0) is 25.6 Å². The van der Waals surface area contributed by atoms with Crippen molar-refractivity contribution in [1.29, 1.82) is 0 Å². The van der Waals surface area contributed by atoms with Gasteiger partial charge in [0, 0.05) is 31.7 Å². The second-order valence-electron chi connectivity index (χ2n) is 6.74. The van der Waals surface area contributed by atoms with Crippen LogP contribution in [0.5, 0.6) is 0 Å². The fraction of sp³-hybridized carbons (Fsp3) is 0.714. The number of aryl methyl sites for hydroxylation is 1. The maximum Gasteiger partial charge on any atom is 0.501 e. The Labute approximate surface area is 166 Å². The van der Waals surface area contributed by atoms with Crippen LogP contribution < -0.4 is 0 Å². The molecule has 0 saturated carbocycles. The van der Waals surface area contributed by atoms with Crippen LogP contribution in [0.15, 0.2) is 24.3 Å². The molecule has 0 radical (unpaired) electrons. The molecule has 5 heteroatoms. The van der Waals surface area contributed by atoms with Crippen molar-refractivity contribution in [2.45, 2.75) is 77.6 Å². The van der Waals surface area contributed by atoms with E-state index in [2.05, 4.69) is 45.0 Å². The molecule has 1 aromatic carbocycles. The lowest BCUT2D eigenvalue weighted by atomic mass is 10.1. The molecule has 0 atom stereocenters. The Kier molecular flexibility index (Phi) is 13.3. The van der Waals surface area contributed by atoms with Crippen LogP contribution >= 0.6 is 11.6 Å². The van der Waals surface area contributed by atoms with E-state index < -0.39 is 8.80 Å². The minimum absolute atomic E-state index is 0.545. The number of alkyl halides is 1. The van der Waals surface area contributed by atoms with Gasteiger partial charge < -0.3 is 13.3 Å². The van der Waals surface area contributed by atoms with Gasteiger partial charge in [0.1, 0.15) is 0 Å². The van der Waals surface area contributed by atoms with E-state index in [1.165, 1.54) is 5.56 Å². The predicted molar refractivity (Wildman–Crippen MR) is 113 cm³/mol. The summed E-state index contributed by atoms with van der Waals surface area (Å²) < 4.78 is 18.9. The average molecular weight is 401 g/mol. The Balaban J connectivity index is 2.80. The minimum Gasteiger partial charge on any atom is -0.373 e. The van der Waals surface area contributed by atoms with Gasteiger partial charge in [-0.1, -0.05) is 64.3 Å². The van der Waals surface area contributed by atoms with Gasteiger partial charge in [0.2, 0.25) is 0 Å². The SMILES string of the molecule is CCCCO[Si](CCc1cccc(CCl)c1)(OCCCC)OCCCC. The maximum absolute atomic E-state index is 6.31. The Morgan fingerprint density at radius 1 is 0.808 bits per heavy atom. The van der Waals surface area contributed by atoms with Crippen molar-refractivity contribution in [2.24, 2.45) is 0 Å². The Morgan fingerprint density at radius 3 is 1.77 bits per heavy atom. The molecule has 0 aliphatic heterocycles. The molecule has 0 saturated heterocycles. The highest BCUT2D eigenvalue weighted by Crippen LogP contribution is 2.22. The molecular formula is C21H37ClO3Si. The molecule has 0 N–H and O–H groups in total. The molecule has 26 heavy (non-hydrogen) atoms. The van der Waals surface area contributed by atoms with Gasteiger partial charge in [-0.05, 0) is 36.8 Å². The highest BCUT2D eigenvalue weighted by Gasteiger charge is 2.40. The first-order chi connectivity index (χ1) is 12.7. The normalized spacial score (nSPS) is 11.8. The number of benzene rings is 1. The third-order valence-electron chi connectivity index (χ3n) is 4.33. The summed E-state index contributed by atoms with van der Waals surface area (Å²) in [4.78, 5) is 0. The summed E-state index contributed by atoms with van der Waals surface area (Å²) in [6.45, 7) is 8.72. The van der Waals surface area contributed by atoms with E-state index in [0.717, 1.165) is 76.4 Å². The van der Waals surface area contributed by atoms with Crippen molar-refractivity contribution >= 4 is 20.4 Å². The zero-order valence-electron chi connectivity index (χ0n) is 16.9. The first-order valence-corrected chi connectivity index (χ1v) is 12.7. The predicted octanol–water partition coefficient (Wildman–Crippen LogP) is 6.36. The van der Waals surface area contributed by atoms with E-state index >= 15 is 0 Å². The Hall–Kier alpha value is -0.393. The quantitative estimate of drug-likeness (QED) is 0.183. The fourth-order valence-electron chi connectivity index (χ4n) is 2.62. The van der Waals surface area contributed by atoms with Crippen LogP contribution in [0, 0.1) is 0 Å². The third kappa shape index (κ3) is 9.52. The summed E-state index contributed by atoms with van der Waals surface area (Å²) >= 11 is 5.98. The number of hydrogen-bond donors (Lipinski definition) is 0. The highest BCUT2D eigenvalue weighted by molar-refractivity contribution is 6.60. The Morgan fingerprint density at radius 2 is 1.31 bits per heavy atom. The van der Waals surface area contributed by atoms with Gasteiger partial charge in [-0.3, -0.25) is 0 Å². The molecule has 0 heterocycles. The van der Waals surface area contributed by atoms with Gasteiger partial charge in [-0.15, -0.1) is 11.6 Å². The lowest BCUT2D eigenvalue weighted by molar-refractivity contribution is 0.0564. The monoisotopic (exact) mass is 400 g/mol. The van der Waals surface area contributed by atoms with Gasteiger partial charge in [0.15, 0.2) is 0 Å². The van der Waals surface area contributed by atoms with Crippen LogP contribution in [0.1, 0.15) is 70.4 Å². The van der Waals surface area contributed by atoms with Crippen LogP contribution in [0.25, 0.3) is 0 Å². The molecule has 0 amide bonds. The summed E-state index contributed by atoms with van der Waals surface area (Å²) in [6, 6.07) is 9.30. The number of hydrogen-bond acceptors (Lipinski definition) is 3. The van der Waals surface area contributed by atoms with E-state index in [1.807, 2.05) is 0 Å². The molecular weight excluding hydrogens is 364 g/mol. The minimum atomic E-state index is -2.65. The van der Waals surface area contributed by atoms with Crippen LogP contribution in [0.3, 0.4) is 0 Å². The molecule has 0 unspecified atom stereocenters. The van der Waals surface area contributed by atoms with Crippen LogP contribution in [-0.4, -0.2) is 28.6 Å². The largest absolute Gasteiger partial charge is 0.501 e. The fourth-order valence-corrected chi connectivity index (χ4v) is 5.43. The summed E-state index contributed by atoms with van der Waals surface area (Å²) in [6.07, 6.45) is 7.39. The molecule has 0 bridgehead atoms. The molecule has 0 aliphatic carbocycles. The van der Waals surface area contributed by atoms with Crippen molar-refractivity contribution < 1.29 is 13.3 Å². The summed E-state index contributed by atoms with van der Waals surface area (Å²) in [5, 5.41) is 0. The third-order valence-corrected chi connectivity index (χ3v) is 7.43. The maximum atomic E-state index is 6.31. The first kappa shape index (κ1) is 23.6. The Bertz CT molecular complexity index is 444. The smallest absolute Gasteiger partial charge is 0.373 e. The standard InChI is InChI=1S/C21H37ClO3Si/c1-4-7-14-23-26(24-15-8-5-2,25-16-9-6-3)17-13-20-11-10-12-21(18-20)19-22/h10-12,18H,4-9,13-17,19H2,1-3H3. The van der Waals surface area contributed by atoms with E-state index in [-0.39, 0.29) is 0 Å². The molecule has 0 spiro atoms. The number of rotatable bonds is 16. The topological polar surface area (TPSA) is 27.7 Å². The van der Waals surface area contributed by atoms with Crippen molar-refractivity contribution in [3.8, 4) is 0 Å². The highest BCUT2D eigenvalue weighted by atomic mass is 35.5. The van der Waals surface area contributed by atoms with Gasteiger partial charge in [0.05, 0.1) is 0 Å². The lowest BCUT2D eigenvalue weighted by Gasteiger charge is -2.30. The van der Waals surface area contributed by atoms with Crippen molar-refractivity contribution in [2.75, 3.05) is 19.8 Å². The van der Waals surface area contributed by atoms with Gasteiger partial charge in [-0.25, -0.2) is 0 Å². The van der Waals surface area contributed by atoms with E-state index in [0.29, 0.717) is 5.88 Å². The van der Waals surface area contributed by atoms with Gasteiger partial charge in [0.25, 0.3) is 0 Å². The van der Waals surface area contributed by atoms with Crippen LogP contribution in [0.4, 0.5) is 0 Å². The number of halogens is 1. The van der Waals surface area contributed by atoms with E-state index in [9.17, 15) is 0 Å². The zero-order valence-corrected chi connectivity index (χ0v) is 18.7.